The van der Waals surface area contributed by atoms with E-state index >= 15 is 0 Å². The zero-order valence-electron chi connectivity index (χ0n) is 11.8. The van der Waals surface area contributed by atoms with Crippen molar-refractivity contribution < 1.29 is 5.11 Å². The molecule has 2 heteroatoms. The maximum Gasteiger partial charge on any atom is 0.0474 e. The summed E-state index contributed by atoms with van der Waals surface area (Å²) >= 11 is 0. The van der Waals surface area contributed by atoms with Crippen molar-refractivity contribution >= 4 is 0 Å². The zero-order valence-corrected chi connectivity index (χ0v) is 11.8. The molecule has 1 aromatic carbocycles. The van der Waals surface area contributed by atoms with Gasteiger partial charge < -0.3 is 5.11 Å². The molecule has 0 spiro atoms. The number of aliphatic hydroxyl groups is 1. The van der Waals surface area contributed by atoms with Crippen LogP contribution in [0.5, 0.6) is 0 Å². The second-order valence-corrected chi connectivity index (χ2v) is 5.77. The fourth-order valence-electron chi connectivity index (χ4n) is 3.20. The van der Waals surface area contributed by atoms with Crippen LogP contribution < -0.4 is 0 Å². The molecule has 0 aromatic heterocycles. The summed E-state index contributed by atoms with van der Waals surface area (Å²) in [6, 6.07) is 7.15. The van der Waals surface area contributed by atoms with Crippen molar-refractivity contribution in [3.63, 3.8) is 0 Å². The predicted octanol–water partition coefficient (Wildman–Crippen LogP) is 3.07. The summed E-state index contributed by atoms with van der Waals surface area (Å²) in [6.07, 6.45) is 2.58. The highest BCUT2D eigenvalue weighted by Gasteiger charge is 2.28. The van der Waals surface area contributed by atoms with Gasteiger partial charge in [-0.3, -0.25) is 4.90 Å². The van der Waals surface area contributed by atoms with Crippen molar-refractivity contribution in [2.45, 2.75) is 39.7 Å². The highest BCUT2D eigenvalue weighted by molar-refractivity contribution is 5.31. The van der Waals surface area contributed by atoms with E-state index in [1.165, 1.54) is 42.6 Å². The van der Waals surface area contributed by atoms with Crippen molar-refractivity contribution in [3.05, 3.63) is 34.9 Å². The summed E-state index contributed by atoms with van der Waals surface area (Å²) in [5, 5.41) is 9.54. The third kappa shape index (κ3) is 2.93. The fourth-order valence-corrected chi connectivity index (χ4v) is 3.20. The molecule has 1 aliphatic heterocycles. The molecule has 0 bridgehead atoms. The van der Waals surface area contributed by atoms with E-state index in [1.54, 1.807) is 0 Å². The van der Waals surface area contributed by atoms with Crippen LogP contribution in [0.1, 0.15) is 42.5 Å². The molecule has 1 heterocycles. The van der Waals surface area contributed by atoms with E-state index in [0.29, 0.717) is 12.0 Å². The molecular weight excluding hydrogens is 222 g/mol. The number of hydrogen-bond acceptors (Lipinski definition) is 2. The Kier molecular flexibility index (Phi) is 4.41. The zero-order chi connectivity index (χ0) is 13.1. The van der Waals surface area contributed by atoms with Gasteiger partial charge in [0, 0.05) is 12.6 Å². The van der Waals surface area contributed by atoms with Crippen LogP contribution >= 0.6 is 0 Å². The Morgan fingerprint density at radius 3 is 2.17 bits per heavy atom. The summed E-state index contributed by atoms with van der Waals surface area (Å²) < 4.78 is 0. The molecular formula is C16H25NO. The molecule has 1 saturated heterocycles. The Labute approximate surface area is 111 Å². The van der Waals surface area contributed by atoms with E-state index in [-0.39, 0.29) is 6.61 Å². The SMILES string of the molecule is Cc1cc(C)cc(C(C(C)CO)N2CCCC2)c1. The summed E-state index contributed by atoms with van der Waals surface area (Å²) in [6.45, 7) is 9.06. The highest BCUT2D eigenvalue weighted by atomic mass is 16.3. The minimum Gasteiger partial charge on any atom is -0.396 e. The van der Waals surface area contributed by atoms with E-state index in [1.807, 2.05) is 0 Å². The molecule has 1 fully saturated rings. The Morgan fingerprint density at radius 1 is 1.11 bits per heavy atom. The number of aryl methyl sites for hydroxylation is 2. The molecule has 0 aliphatic carbocycles. The Hall–Kier alpha value is -0.860. The van der Waals surface area contributed by atoms with Gasteiger partial charge in [0.25, 0.3) is 0 Å². The molecule has 2 atom stereocenters. The largest absolute Gasteiger partial charge is 0.396 e. The predicted molar refractivity (Wildman–Crippen MR) is 75.7 cm³/mol. The number of rotatable bonds is 4. The van der Waals surface area contributed by atoms with E-state index in [2.05, 4.69) is 43.9 Å². The topological polar surface area (TPSA) is 23.5 Å². The number of likely N-dealkylation sites (tertiary alicyclic amines) is 1. The van der Waals surface area contributed by atoms with Gasteiger partial charge in [-0.15, -0.1) is 0 Å². The average molecular weight is 247 g/mol. The Bertz CT molecular complexity index is 376. The van der Waals surface area contributed by atoms with E-state index < -0.39 is 0 Å². The second kappa shape index (κ2) is 5.85. The van der Waals surface area contributed by atoms with Crippen molar-refractivity contribution in [1.29, 1.82) is 0 Å². The van der Waals surface area contributed by atoms with Gasteiger partial charge in [0.15, 0.2) is 0 Å². The van der Waals surface area contributed by atoms with Crippen LogP contribution in [0.2, 0.25) is 0 Å². The number of hydrogen-bond donors (Lipinski definition) is 1. The average Bonchev–Trinajstić information content (AvgIpc) is 2.81. The first-order chi connectivity index (χ1) is 8.61. The summed E-state index contributed by atoms with van der Waals surface area (Å²) in [5.41, 5.74) is 4.01. The third-order valence-electron chi connectivity index (χ3n) is 3.95. The van der Waals surface area contributed by atoms with E-state index in [9.17, 15) is 5.11 Å². The molecule has 0 radical (unpaired) electrons. The summed E-state index contributed by atoms with van der Waals surface area (Å²) in [7, 11) is 0. The first-order valence-corrected chi connectivity index (χ1v) is 7.05. The summed E-state index contributed by atoms with van der Waals surface area (Å²) in [5.74, 6) is 0.296. The van der Waals surface area contributed by atoms with Crippen LogP contribution in [0.15, 0.2) is 18.2 Å². The Balaban J connectivity index is 2.32. The number of benzene rings is 1. The molecule has 1 aliphatic rings. The maximum absolute atomic E-state index is 9.54. The minimum atomic E-state index is 0.258. The van der Waals surface area contributed by atoms with Crippen molar-refractivity contribution in [2.24, 2.45) is 5.92 Å². The molecule has 2 unspecified atom stereocenters. The van der Waals surface area contributed by atoms with Crippen LogP contribution in [-0.2, 0) is 0 Å². The normalized spacial score (nSPS) is 20.0. The van der Waals surface area contributed by atoms with Gasteiger partial charge in [0.1, 0.15) is 0 Å². The van der Waals surface area contributed by atoms with Gasteiger partial charge in [-0.25, -0.2) is 0 Å². The molecule has 2 nitrogen and oxygen atoms in total. The van der Waals surface area contributed by atoms with Gasteiger partial charge in [-0.2, -0.15) is 0 Å². The lowest BCUT2D eigenvalue weighted by Crippen LogP contribution is -2.32. The van der Waals surface area contributed by atoms with Crippen molar-refractivity contribution in [1.82, 2.24) is 4.90 Å². The maximum atomic E-state index is 9.54. The van der Waals surface area contributed by atoms with Gasteiger partial charge >= 0.3 is 0 Å². The van der Waals surface area contributed by atoms with Crippen LogP contribution in [-0.4, -0.2) is 29.7 Å². The lowest BCUT2D eigenvalue weighted by atomic mass is 9.91. The standard InChI is InChI=1S/C16H25NO/c1-12-8-13(2)10-15(9-12)16(14(3)11-18)17-6-4-5-7-17/h8-10,14,16,18H,4-7,11H2,1-3H3. The minimum absolute atomic E-state index is 0.258. The molecule has 100 valence electrons. The molecule has 18 heavy (non-hydrogen) atoms. The van der Waals surface area contributed by atoms with Gasteiger partial charge in [-0.1, -0.05) is 36.2 Å². The molecule has 1 N–H and O–H groups in total. The Morgan fingerprint density at radius 2 is 1.67 bits per heavy atom. The highest BCUT2D eigenvalue weighted by Crippen LogP contribution is 2.32. The van der Waals surface area contributed by atoms with Crippen molar-refractivity contribution in [3.8, 4) is 0 Å². The molecule has 0 amide bonds. The fraction of sp³-hybridized carbons (Fsp3) is 0.625. The molecule has 0 saturated carbocycles. The van der Waals surface area contributed by atoms with Crippen molar-refractivity contribution in [2.75, 3.05) is 19.7 Å². The second-order valence-electron chi connectivity index (χ2n) is 5.77. The molecule has 2 rings (SSSR count). The van der Waals surface area contributed by atoms with Gasteiger partial charge in [0.2, 0.25) is 0 Å². The lowest BCUT2D eigenvalue weighted by Gasteiger charge is -2.32. The number of nitrogens with zero attached hydrogens (tertiary/aromatic N) is 1. The smallest absolute Gasteiger partial charge is 0.0474 e. The van der Waals surface area contributed by atoms with Crippen LogP contribution in [0.4, 0.5) is 0 Å². The van der Waals surface area contributed by atoms with Crippen LogP contribution in [0, 0.1) is 19.8 Å². The summed E-state index contributed by atoms with van der Waals surface area (Å²) in [4.78, 5) is 2.54. The van der Waals surface area contributed by atoms with Gasteiger partial charge in [0.05, 0.1) is 0 Å². The quantitative estimate of drug-likeness (QED) is 0.884. The first-order valence-electron chi connectivity index (χ1n) is 7.05. The molecule has 1 aromatic rings. The van der Waals surface area contributed by atoms with E-state index in [4.69, 9.17) is 0 Å². The first kappa shape index (κ1) is 13.6. The number of aliphatic hydroxyl groups excluding tert-OH is 1. The lowest BCUT2D eigenvalue weighted by molar-refractivity contribution is 0.126. The van der Waals surface area contributed by atoms with E-state index in [0.717, 1.165) is 0 Å². The third-order valence-corrected chi connectivity index (χ3v) is 3.95. The van der Waals surface area contributed by atoms with Crippen LogP contribution in [0.3, 0.4) is 0 Å². The van der Waals surface area contributed by atoms with Gasteiger partial charge in [-0.05, 0) is 51.3 Å². The van der Waals surface area contributed by atoms with Crippen LogP contribution in [0.25, 0.3) is 0 Å². The monoisotopic (exact) mass is 247 g/mol.